The van der Waals surface area contributed by atoms with Crippen LogP contribution in [0.2, 0.25) is 0 Å². The van der Waals surface area contributed by atoms with Crippen LogP contribution in [0.1, 0.15) is 69.7 Å². The maximum atomic E-state index is 13.2. The highest BCUT2D eigenvalue weighted by molar-refractivity contribution is 9.10. The van der Waals surface area contributed by atoms with Crippen LogP contribution in [0.15, 0.2) is 16.6 Å². The van der Waals surface area contributed by atoms with Gasteiger partial charge in [-0.2, -0.15) is 0 Å². The molecular weight excluding hydrogens is 480 g/mol. The molecule has 3 rings (SSSR count). The van der Waals surface area contributed by atoms with Crippen LogP contribution in [-0.2, 0) is 4.74 Å². The highest BCUT2D eigenvalue weighted by Crippen LogP contribution is 2.36. The second-order valence-electron chi connectivity index (χ2n) is 9.39. The number of halogens is 1. The average molecular weight is 511 g/mol. The number of likely N-dealkylation sites (tertiary alicyclic amines) is 1. The molecule has 0 unspecified atom stereocenters. The molecule has 0 bridgehead atoms. The summed E-state index contributed by atoms with van der Waals surface area (Å²) in [5.41, 5.74) is -0.308. The van der Waals surface area contributed by atoms with E-state index in [1.807, 2.05) is 0 Å². The summed E-state index contributed by atoms with van der Waals surface area (Å²) < 4.78 is 5.87. The summed E-state index contributed by atoms with van der Waals surface area (Å²) in [7, 11) is 0. The molecule has 176 valence electrons. The molecule has 32 heavy (non-hydrogen) atoms. The number of benzene rings is 1. The fourth-order valence-electron chi connectivity index (χ4n) is 4.27. The van der Waals surface area contributed by atoms with E-state index in [0.29, 0.717) is 24.0 Å². The third-order valence-electron chi connectivity index (χ3n) is 5.70. The molecule has 2 N–H and O–H groups in total. The van der Waals surface area contributed by atoms with Gasteiger partial charge in [-0.1, -0.05) is 28.8 Å². The first-order chi connectivity index (χ1) is 15.0. The van der Waals surface area contributed by atoms with E-state index in [9.17, 15) is 19.7 Å². The molecule has 2 amide bonds. The molecule has 2 atom stereocenters. The summed E-state index contributed by atoms with van der Waals surface area (Å²) in [6.07, 6.45) is 4.62. The van der Waals surface area contributed by atoms with Gasteiger partial charge in [0.2, 0.25) is 0 Å². The highest BCUT2D eigenvalue weighted by Gasteiger charge is 2.33. The van der Waals surface area contributed by atoms with Crippen molar-refractivity contribution in [3.8, 4) is 0 Å². The van der Waals surface area contributed by atoms with Crippen molar-refractivity contribution in [3.05, 3.63) is 32.3 Å². The van der Waals surface area contributed by atoms with Gasteiger partial charge in [-0.25, -0.2) is 4.79 Å². The van der Waals surface area contributed by atoms with Crippen LogP contribution in [0, 0.1) is 10.1 Å². The van der Waals surface area contributed by atoms with Gasteiger partial charge in [0.25, 0.3) is 11.6 Å². The molecule has 2 aliphatic rings. The molecule has 1 aromatic rings. The monoisotopic (exact) mass is 510 g/mol. The third kappa shape index (κ3) is 6.11. The number of alkyl carbamates (subject to hydrolysis) is 1. The third-order valence-corrected chi connectivity index (χ3v) is 6.16. The summed E-state index contributed by atoms with van der Waals surface area (Å²) in [6.45, 7) is 6.68. The summed E-state index contributed by atoms with van der Waals surface area (Å²) in [5, 5.41) is 18.0. The van der Waals surface area contributed by atoms with Gasteiger partial charge in [0, 0.05) is 29.7 Å². The fraction of sp³-hybridized carbons (Fsp3) is 0.636. The number of nitro groups is 1. The van der Waals surface area contributed by atoms with Gasteiger partial charge in [-0.3, -0.25) is 14.9 Å². The topological polar surface area (TPSA) is 114 Å². The zero-order chi connectivity index (χ0) is 23.5. The van der Waals surface area contributed by atoms with Crippen molar-refractivity contribution in [1.29, 1.82) is 0 Å². The van der Waals surface area contributed by atoms with Gasteiger partial charge < -0.3 is 20.3 Å². The summed E-state index contributed by atoms with van der Waals surface area (Å²) >= 11 is 3.31. The van der Waals surface area contributed by atoms with Crippen LogP contribution in [-0.4, -0.2) is 52.6 Å². The summed E-state index contributed by atoms with van der Waals surface area (Å²) in [6, 6.07) is 2.51. The predicted molar refractivity (Wildman–Crippen MR) is 125 cm³/mol. The molecule has 1 aliphatic heterocycles. The van der Waals surface area contributed by atoms with Crippen LogP contribution in [0.5, 0.6) is 0 Å². The first-order valence-corrected chi connectivity index (χ1v) is 11.9. The molecule has 0 radical (unpaired) electrons. The van der Waals surface area contributed by atoms with Gasteiger partial charge in [0.15, 0.2) is 0 Å². The van der Waals surface area contributed by atoms with Crippen molar-refractivity contribution in [2.24, 2.45) is 0 Å². The lowest BCUT2D eigenvalue weighted by atomic mass is 9.89. The minimum Gasteiger partial charge on any atom is -0.444 e. The lowest BCUT2D eigenvalue weighted by Gasteiger charge is -2.34. The molecule has 1 heterocycles. The lowest BCUT2D eigenvalue weighted by Crippen LogP contribution is -2.50. The number of nitrogens with zero attached hydrogens (tertiary/aromatic N) is 2. The van der Waals surface area contributed by atoms with E-state index in [1.165, 1.54) is 6.07 Å². The molecule has 1 saturated carbocycles. The van der Waals surface area contributed by atoms with Crippen LogP contribution in [0.4, 0.5) is 16.2 Å². The highest BCUT2D eigenvalue weighted by atomic mass is 79.9. The lowest BCUT2D eigenvalue weighted by molar-refractivity contribution is -0.384. The number of hydrogen-bond acceptors (Lipinski definition) is 6. The first kappa shape index (κ1) is 24.3. The van der Waals surface area contributed by atoms with Gasteiger partial charge in [0.05, 0.1) is 16.5 Å². The second-order valence-corrected chi connectivity index (χ2v) is 10.3. The largest absolute Gasteiger partial charge is 0.444 e. The van der Waals surface area contributed by atoms with Crippen molar-refractivity contribution < 1.29 is 19.2 Å². The van der Waals surface area contributed by atoms with E-state index in [-0.39, 0.29) is 34.9 Å². The standard InChI is InChI=1S/C22H31BrN4O5/c1-22(2,3)32-21(29)25-17-9-5-4-8-16(17)24-19-15(20(28)26-10-6-7-11-26)12-14(23)13-18(19)27(30)31/h12-13,16-17,24H,4-11H2,1-3H3,(H,25,29)/t16-,17+/m1/s1. The Morgan fingerprint density at radius 3 is 2.34 bits per heavy atom. The molecule has 1 saturated heterocycles. The quantitative estimate of drug-likeness (QED) is 0.432. The van der Waals surface area contributed by atoms with Gasteiger partial charge in [-0.05, 0) is 52.5 Å². The Morgan fingerprint density at radius 1 is 1.12 bits per heavy atom. The van der Waals surface area contributed by atoms with Crippen molar-refractivity contribution in [3.63, 3.8) is 0 Å². The maximum Gasteiger partial charge on any atom is 0.407 e. The van der Waals surface area contributed by atoms with Crippen LogP contribution >= 0.6 is 15.9 Å². The molecule has 2 fully saturated rings. The molecule has 0 spiro atoms. The number of hydrogen-bond donors (Lipinski definition) is 2. The summed E-state index contributed by atoms with van der Waals surface area (Å²) in [4.78, 5) is 38.7. The number of anilines is 1. The fourth-order valence-corrected chi connectivity index (χ4v) is 4.71. The van der Waals surface area contributed by atoms with Crippen molar-refractivity contribution >= 4 is 39.3 Å². The number of ether oxygens (including phenoxy) is 1. The molecular formula is C22H31BrN4O5. The Labute approximate surface area is 196 Å². The Bertz CT molecular complexity index is 880. The Balaban J connectivity index is 1.90. The summed E-state index contributed by atoms with van der Waals surface area (Å²) in [5.74, 6) is -0.220. The minimum atomic E-state index is -0.624. The van der Waals surface area contributed by atoms with Crippen LogP contribution < -0.4 is 10.6 Å². The predicted octanol–water partition coefficient (Wildman–Crippen LogP) is 4.84. The van der Waals surface area contributed by atoms with Gasteiger partial charge in [0.1, 0.15) is 11.3 Å². The normalized spacial score (nSPS) is 21.2. The van der Waals surface area contributed by atoms with Crippen LogP contribution in [0.25, 0.3) is 0 Å². The van der Waals surface area contributed by atoms with E-state index in [0.717, 1.165) is 32.1 Å². The Kier molecular flexibility index (Phi) is 7.63. The molecule has 1 aromatic carbocycles. The zero-order valence-electron chi connectivity index (χ0n) is 18.8. The van der Waals surface area contributed by atoms with E-state index in [2.05, 4.69) is 26.6 Å². The zero-order valence-corrected chi connectivity index (χ0v) is 20.4. The number of rotatable bonds is 5. The van der Waals surface area contributed by atoms with Crippen molar-refractivity contribution in [2.75, 3.05) is 18.4 Å². The Hall–Kier alpha value is -2.36. The number of carbonyl (C=O) groups is 2. The molecule has 1 aliphatic carbocycles. The SMILES string of the molecule is CC(C)(C)OC(=O)N[C@H]1CCCC[C@H]1Nc1c(C(=O)N2CCCC2)cc(Br)cc1[N+](=O)[O-]. The van der Waals surface area contributed by atoms with Crippen molar-refractivity contribution in [2.45, 2.75) is 77.0 Å². The molecule has 0 aromatic heterocycles. The van der Waals surface area contributed by atoms with Gasteiger partial charge in [-0.15, -0.1) is 0 Å². The second kappa shape index (κ2) is 10.1. The first-order valence-electron chi connectivity index (χ1n) is 11.1. The molecule has 9 nitrogen and oxygen atoms in total. The number of nitrogens with one attached hydrogen (secondary N) is 2. The van der Waals surface area contributed by atoms with E-state index >= 15 is 0 Å². The molecule has 10 heteroatoms. The van der Waals surface area contributed by atoms with E-state index in [1.54, 1.807) is 31.7 Å². The van der Waals surface area contributed by atoms with Crippen molar-refractivity contribution in [1.82, 2.24) is 10.2 Å². The number of amides is 2. The van der Waals surface area contributed by atoms with Gasteiger partial charge >= 0.3 is 6.09 Å². The number of carbonyl (C=O) groups excluding carboxylic acids is 2. The minimum absolute atomic E-state index is 0.163. The van der Waals surface area contributed by atoms with E-state index < -0.39 is 16.6 Å². The van der Waals surface area contributed by atoms with Crippen LogP contribution in [0.3, 0.4) is 0 Å². The van der Waals surface area contributed by atoms with E-state index in [4.69, 9.17) is 4.74 Å². The average Bonchev–Trinajstić information content (AvgIpc) is 3.23. The smallest absolute Gasteiger partial charge is 0.407 e. The Morgan fingerprint density at radius 2 is 1.75 bits per heavy atom. The number of nitro benzene ring substituents is 1. The maximum absolute atomic E-state index is 13.2.